The van der Waals surface area contributed by atoms with Crippen LogP contribution in [0.1, 0.15) is 44.9 Å². The van der Waals surface area contributed by atoms with Crippen molar-refractivity contribution in [1.82, 2.24) is 9.03 Å². The third-order valence-corrected chi connectivity index (χ3v) is 5.22. The Morgan fingerprint density at radius 2 is 1.94 bits per heavy atom. The van der Waals surface area contributed by atoms with Crippen molar-refractivity contribution in [2.24, 2.45) is 11.7 Å². The van der Waals surface area contributed by atoms with E-state index in [1.807, 2.05) is 0 Å². The van der Waals surface area contributed by atoms with E-state index in [1.165, 1.54) is 36.4 Å². The van der Waals surface area contributed by atoms with Crippen LogP contribution in [0.3, 0.4) is 0 Å². The van der Waals surface area contributed by atoms with E-state index in [0.29, 0.717) is 32.0 Å². The average Bonchev–Trinajstić information content (AvgIpc) is 2.37. The number of nitrogens with one attached hydrogen (secondary N) is 1. The first-order valence-electron chi connectivity index (χ1n) is 6.97. The van der Waals surface area contributed by atoms with E-state index in [4.69, 9.17) is 5.73 Å². The molecule has 1 fully saturated rings. The molecule has 18 heavy (non-hydrogen) atoms. The highest BCUT2D eigenvalue weighted by Gasteiger charge is 2.18. The molecule has 1 rings (SSSR count). The van der Waals surface area contributed by atoms with E-state index in [2.05, 4.69) is 4.72 Å². The normalized spacial score (nSPS) is 18.4. The van der Waals surface area contributed by atoms with E-state index in [1.54, 1.807) is 7.05 Å². The molecule has 0 heterocycles. The predicted octanol–water partition coefficient (Wildman–Crippen LogP) is 1.07. The highest BCUT2D eigenvalue weighted by Crippen LogP contribution is 2.25. The van der Waals surface area contributed by atoms with Gasteiger partial charge in [-0.15, -0.1) is 0 Å². The Hall–Kier alpha value is -0.170. The van der Waals surface area contributed by atoms with Crippen LogP contribution in [-0.4, -0.2) is 39.4 Å². The fraction of sp³-hybridized carbons (Fsp3) is 1.00. The third kappa shape index (κ3) is 5.65. The number of rotatable bonds is 8. The first-order chi connectivity index (χ1) is 8.56. The summed E-state index contributed by atoms with van der Waals surface area (Å²) in [6, 6.07) is 0. The van der Waals surface area contributed by atoms with Gasteiger partial charge < -0.3 is 5.73 Å². The molecule has 0 saturated heterocycles. The van der Waals surface area contributed by atoms with Crippen LogP contribution < -0.4 is 10.5 Å². The van der Waals surface area contributed by atoms with E-state index < -0.39 is 10.2 Å². The van der Waals surface area contributed by atoms with Crippen LogP contribution in [0.5, 0.6) is 0 Å². The van der Waals surface area contributed by atoms with Crippen molar-refractivity contribution < 1.29 is 8.42 Å². The average molecular weight is 277 g/mol. The number of nitrogens with two attached hydrogens (primary N) is 1. The lowest BCUT2D eigenvalue weighted by molar-refractivity contribution is 0.338. The summed E-state index contributed by atoms with van der Waals surface area (Å²) >= 11 is 0. The summed E-state index contributed by atoms with van der Waals surface area (Å²) in [6.45, 7) is 1.55. The Labute approximate surface area is 111 Å². The molecular formula is C12H27N3O2S. The van der Waals surface area contributed by atoms with Crippen LogP contribution >= 0.6 is 0 Å². The molecule has 0 unspecified atom stereocenters. The van der Waals surface area contributed by atoms with Crippen molar-refractivity contribution >= 4 is 10.2 Å². The van der Waals surface area contributed by atoms with Gasteiger partial charge in [0.05, 0.1) is 0 Å². The standard InChI is InChI=1S/C12H27N3O2S/c1-15(11-5-9-13)18(16,17)14-10-8-12-6-3-2-4-7-12/h12,14H,2-11,13H2,1H3. The van der Waals surface area contributed by atoms with Gasteiger partial charge in [0.2, 0.25) is 0 Å². The zero-order valence-electron chi connectivity index (χ0n) is 11.4. The zero-order valence-corrected chi connectivity index (χ0v) is 12.2. The lowest BCUT2D eigenvalue weighted by atomic mass is 9.87. The number of hydrogen-bond acceptors (Lipinski definition) is 3. The minimum atomic E-state index is -3.31. The van der Waals surface area contributed by atoms with Crippen molar-refractivity contribution in [3.8, 4) is 0 Å². The van der Waals surface area contributed by atoms with Crippen molar-refractivity contribution in [2.45, 2.75) is 44.9 Å². The second-order valence-corrected chi connectivity index (χ2v) is 7.02. The molecule has 0 aromatic heterocycles. The summed E-state index contributed by atoms with van der Waals surface area (Å²) in [5, 5.41) is 0. The van der Waals surface area contributed by atoms with Crippen molar-refractivity contribution in [3.63, 3.8) is 0 Å². The Morgan fingerprint density at radius 1 is 1.28 bits per heavy atom. The predicted molar refractivity (Wildman–Crippen MR) is 74.4 cm³/mol. The van der Waals surface area contributed by atoms with Crippen molar-refractivity contribution in [2.75, 3.05) is 26.7 Å². The van der Waals surface area contributed by atoms with Gasteiger partial charge in [-0.3, -0.25) is 0 Å². The van der Waals surface area contributed by atoms with Gasteiger partial charge in [-0.25, -0.2) is 4.72 Å². The lowest BCUT2D eigenvalue weighted by Gasteiger charge is -2.22. The smallest absolute Gasteiger partial charge is 0.279 e. The molecule has 0 spiro atoms. The fourth-order valence-corrected chi connectivity index (χ4v) is 3.38. The van der Waals surface area contributed by atoms with Gasteiger partial charge in [-0.2, -0.15) is 12.7 Å². The van der Waals surface area contributed by atoms with Gasteiger partial charge in [0.15, 0.2) is 0 Å². The van der Waals surface area contributed by atoms with E-state index >= 15 is 0 Å². The molecule has 1 aliphatic rings. The molecule has 0 radical (unpaired) electrons. The van der Waals surface area contributed by atoms with Crippen LogP contribution in [0.15, 0.2) is 0 Å². The highest BCUT2D eigenvalue weighted by molar-refractivity contribution is 7.87. The number of hydrogen-bond donors (Lipinski definition) is 2. The van der Waals surface area contributed by atoms with Gasteiger partial charge in [0, 0.05) is 20.1 Å². The quantitative estimate of drug-likeness (QED) is 0.697. The van der Waals surface area contributed by atoms with Crippen LogP contribution in [0.2, 0.25) is 0 Å². The molecule has 0 aromatic carbocycles. The Kier molecular flexibility index (Phi) is 7.14. The first-order valence-corrected chi connectivity index (χ1v) is 8.41. The van der Waals surface area contributed by atoms with Gasteiger partial charge >= 0.3 is 0 Å². The summed E-state index contributed by atoms with van der Waals surface area (Å²) in [5.41, 5.74) is 5.38. The van der Waals surface area contributed by atoms with Gasteiger partial charge in [-0.05, 0) is 25.3 Å². The second-order valence-electron chi connectivity index (χ2n) is 5.16. The van der Waals surface area contributed by atoms with Crippen LogP contribution in [0.25, 0.3) is 0 Å². The summed E-state index contributed by atoms with van der Waals surface area (Å²) in [7, 11) is -1.71. The number of nitrogens with zero attached hydrogens (tertiary/aromatic N) is 1. The van der Waals surface area contributed by atoms with E-state index in [0.717, 1.165) is 6.42 Å². The zero-order chi connectivity index (χ0) is 13.4. The Bertz CT molecular complexity index is 313. The van der Waals surface area contributed by atoms with Crippen molar-refractivity contribution in [1.29, 1.82) is 0 Å². The molecule has 0 amide bonds. The Balaban J connectivity index is 2.23. The fourth-order valence-electron chi connectivity index (χ4n) is 2.41. The molecule has 0 aliphatic heterocycles. The maximum Gasteiger partial charge on any atom is 0.279 e. The molecule has 1 aliphatic carbocycles. The van der Waals surface area contributed by atoms with E-state index in [9.17, 15) is 8.42 Å². The largest absolute Gasteiger partial charge is 0.330 e. The van der Waals surface area contributed by atoms with Crippen LogP contribution in [-0.2, 0) is 10.2 Å². The molecule has 108 valence electrons. The van der Waals surface area contributed by atoms with E-state index in [-0.39, 0.29) is 0 Å². The Morgan fingerprint density at radius 3 is 2.56 bits per heavy atom. The maximum absolute atomic E-state index is 11.9. The lowest BCUT2D eigenvalue weighted by Crippen LogP contribution is -2.40. The minimum Gasteiger partial charge on any atom is -0.330 e. The SMILES string of the molecule is CN(CCCN)S(=O)(=O)NCCC1CCCCC1. The summed E-state index contributed by atoms with van der Waals surface area (Å²) in [4.78, 5) is 0. The molecule has 1 saturated carbocycles. The molecule has 5 nitrogen and oxygen atoms in total. The molecule has 0 bridgehead atoms. The monoisotopic (exact) mass is 277 g/mol. The van der Waals surface area contributed by atoms with Crippen molar-refractivity contribution in [3.05, 3.63) is 0 Å². The molecule has 3 N–H and O–H groups in total. The molecule has 0 aromatic rings. The molecule has 0 atom stereocenters. The highest BCUT2D eigenvalue weighted by atomic mass is 32.2. The summed E-state index contributed by atoms with van der Waals surface area (Å²) in [5.74, 6) is 0.704. The van der Waals surface area contributed by atoms with Gasteiger partial charge in [0.1, 0.15) is 0 Å². The summed E-state index contributed by atoms with van der Waals surface area (Å²) < 4.78 is 27.7. The van der Waals surface area contributed by atoms with Crippen LogP contribution in [0.4, 0.5) is 0 Å². The van der Waals surface area contributed by atoms with Crippen LogP contribution in [0, 0.1) is 5.92 Å². The van der Waals surface area contributed by atoms with Gasteiger partial charge in [-0.1, -0.05) is 32.1 Å². The topological polar surface area (TPSA) is 75.4 Å². The third-order valence-electron chi connectivity index (χ3n) is 3.65. The molecule has 6 heteroatoms. The van der Waals surface area contributed by atoms with Gasteiger partial charge in [0.25, 0.3) is 10.2 Å². The maximum atomic E-state index is 11.9. The molecular weight excluding hydrogens is 250 g/mol. The minimum absolute atomic E-state index is 0.481. The second kappa shape index (κ2) is 8.09. The first kappa shape index (κ1) is 15.9. The summed E-state index contributed by atoms with van der Waals surface area (Å²) in [6.07, 6.45) is 8.10.